The molecule has 1 aliphatic heterocycles. The molecule has 2 heterocycles. The average molecular weight is 267 g/mol. The van der Waals surface area contributed by atoms with Crippen molar-refractivity contribution in [2.24, 2.45) is 0 Å². The Labute approximate surface area is 111 Å². The van der Waals surface area contributed by atoms with Gasteiger partial charge in [-0.05, 0) is 32.8 Å². The van der Waals surface area contributed by atoms with Gasteiger partial charge in [-0.1, -0.05) is 0 Å². The number of carbonyl (C=O) groups excluding carboxylic acids is 2. The van der Waals surface area contributed by atoms with E-state index >= 15 is 0 Å². The summed E-state index contributed by atoms with van der Waals surface area (Å²) in [6.45, 7) is 4.55. The van der Waals surface area contributed by atoms with Gasteiger partial charge in [0.25, 0.3) is 5.91 Å². The zero-order chi connectivity index (χ0) is 13.3. The molecule has 1 aliphatic rings. The van der Waals surface area contributed by atoms with Gasteiger partial charge >= 0.3 is 5.97 Å². The minimum atomic E-state index is -0.415. The van der Waals surface area contributed by atoms with Crippen LogP contribution in [0.1, 0.15) is 33.0 Å². The van der Waals surface area contributed by atoms with Crippen molar-refractivity contribution in [3.63, 3.8) is 0 Å². The van der Waals surface area contributed by atoms with E-state index in [1.807, 2.05) is 19.9 Å². The summed E-state index contributed by atoms with van der Waals surface area (Å²) in [5.41, 5.74) is 0.716. The van der Waals surface area contributed by atoms with Gasteiger partial charge in [0.05, 0.1) is 12.7 Å². The minimum absolute atomic E-state index is 0.0512. The average Bonchev–Trinajstić information content (AvgIpc) is 2.94. The number of ether oxygens (including phenoxy) is 1. The standard InChI is InChI=1S/C13H17NO3S/c1-8-7-10(9(2)18-8)12(15)14-6-4-5-11(14)13(16)17-3/h7,11H,4-6H2,1-3H3. The van der Waals surface area contributed by atoms with Crippen LogP contribution in [0.5, 0.6) is 0 Å². The van der Waals surface area contributed by atoms with Crippen molar-refractivity contribution in [3.05, 3.63) is 21.4 Å². The number of rotatable bonds is 2. The van der Waals surface area contributed by atoms with Gasteiger partial charge in [0.2, 0.25) is 0 Å². The highest BCUT2D eigenvalue weighted by Gasteiger charge is 2.35. The van der Waals surface area contributed by atoms with Crippen molar-refractivity contribution in [1.29, 1.82) is 0 Å². The third kappa shape index (κ3) is 2.27. The fraction of sp³-hybridized carbons (Fsp3) is 0.538. The Morgan fingerprint density at radius 3 is 2.72 bits per heavy atom. The summed E-state index contributed by atoms with van der Waals surface area (Å²) in [7, 11) is 1.36. The maximum Gasteiger partial charge on any atom is 0.328 e. The predicted molar refractivity (Wildman–Crippen MR) is 69.9 cm³/mol. The maximum atomic E-state index is 12.4. The van der Waals surface area contributed by atoms with E-state index < -0.39 is 6.04 Å². The molecule has 1 aromatic heterocycles. The lowest BCUT2D eigenvalue weighted by molar-refractivity contribution is -0.145. The summed E-state index contributed by atoms with van der Waals surface area (Å²) in [5.74, 6) is -0.366. The molecule has 1 saturated heterocycles. The Hall–Kier alpha value is -1.36. The first-order chi connectivity index (χ1) is 8.54. The summed E-state index contributed by atoms with van der Waals surface area (Å²) >= 11 is 1.61. The number of esters is 1. The number of nitrogens with zero attached hydrogens (tertiary/aromatic N) is 1. The van der Waals surface area contributed by atoms with E-state index in [1.165, 1.54) is 7.11 Å². The van der Waals surface area contributed by atoms with Crippen molar-refractivity contribution < 1.29 is 14.3 Å². The Balaban J connectivity index is 2.23. The molecule has 98 valence electrons. The van der Waals surface area contributed by atoms with E-state index in [0.29, 0.717) is 18.5 Å². The van der Waals surface area contributed by atoms with Crippen LogP contribution >= 0.6 is 11.3 Å². The molecular weight excluding hydrogens is 250 g/mol. The lowest BCUT2D eigenvalue weighted by Crippen LogP contribution is -2.41. The molecule has 1 unspecified atom stereocenters. The van der Waals surface area contributed by atoms with Crippen LogP contribution in [-0.4, -0.2) is 36.5 Å². The molecule has 0 aromatic carbocycles. The van der Waals surface area contributed by atoms with Crippen LogP contribution in [0.15, 0.2) is 6.07 Å². The number of thiophene rings is 1. The molecule has 0 bridgehead atoms. The summed E-state index contributed by atoms with van der Waals surface area (Å²) in [4.78, 5) is 27.8. The molecule has 0 saturated carbocycles. The Morgan fingerprint density at radius 2 is 2.17 bits per heavy atom. The minimum Gasteiger partial charge on any atom is -0.467 e. The molecule has 1 fully saturated rings. The van der Waals surface area contributed by atoms with Gasteiger partial charge in [-0.25, -0.2) is 4.79 Å². The fourth-order valence-corrected chi connectivity index (χ4v) is 3.30. The van der Waals surface area contributed by atoms with E-state index in [2.05, 4.69) is 0 Å². The molecule has 1 aromatic rings. The normalized spacial score (nSPS) is 19.1. The van der Waals surface area contributed by atoms with Crippen LogP contribution in [0, 0.1) is 13.8 Å². The van der Waals surface area contributed by atoms with E-state index in [1.54, 1.807) is 16.2 Å². The van der Waals surface area contributed by atoms with Gasteiger partial charge in [-0.3, -0.25) is 4.79 Å². The number of amides is 1. The van der Waals surface area contributed by atoms with Crippen molar-refractivity contribution in [2.45, 2.75) is 32.7 Å². The maximum absolute atomic E-state index is 12.4. The van der Waals surface area contributed by atoms with E-state index in [9.17, 15) is 9.59 Å². The molecule has 1 amide bonds. The Morgan fingerprint density at radius 1 is 1.44 bits per heavy atom. The van der Waals surface area contributed by atoms with Crippen LogP contribution in [0.2, 0.25) is 0 Å². The van der Waals surface area contributed by atoms with E-state index in [4.69, 9.17) is 4.74 Å². The SMILES string of the molecule is COC(=O)C1CCCN1C(=O)c1cc(C)sc1C. The Kier molecular flexibility index (Phi) is 3.71. The summed E-state index contributed by atoms with van der Waals surface area (Å²) in [5, 5.41) is 0. The van der Waals surface area contributed by atoms with Gasteiger partial charge in [0.15, 0.2) is 0 Å². The monoisotopic (exact) mass is 267 g/mol. The van der Waals surface area contributed by atoms with Crippen molar-refractivity contribution in [1.82, 2.24) is 4.90 Å². The molecular formula is C13H17NO3S. The van der Waals surface area contributed by atoms with Gasteiger partial charge in [0.1, 0.15) is 6.04 Å². The molecule has 2 rings (SSSR count). The lowest BCUT2D eigenvalue weighted by atomic mass is 10.2. The number of hydrogen-bond donors (Lipinski definition) is 0. The van der Waals surface area contributed by atoms with Gasteiger partial charge in [-0.2, -0.15) is 0 Å². The zero-order valence-corrected chi connectivity index (χ0v) is 11.7. The highest BCUT2D eigenvalue weighted by molar-refractivity contribution is 7.12. The zero-order valence-electron chi connectivity index (χ0n) is 10.9. The largest absolute Gasteiger partial charge is 0.467 e. The highest BCUT2D eigenvalue weighted by Crippen LogP contribution is 2.26. The van der Waals surface area contributed by atoms with Crippen molar-refractivity contribution in [2.75, 3.05) is 13.7 Å². The fourth-order valence-electron chi connectivity index (χ4n) is 2.39. The molecule has 0 spiro atoms. The van der Waals surface area contributed by atoms with Gasteiger partial charge in [0, 0.05) is 16.3 Å². The van der Waals surface area contributed by atoms with Crippen LogP contribution in [0.25, 0.3) is 0 Å². The molecule has 0 aliphatic carbocycles. The molecule has 4 nitrogen and oxygen atoms in total. The number of carbonyl (C=O) groups is 2. The first kappa shape index (κ1) is 13.1. The quantitative estimate of drug-likeness (QED) is 0.771. The second-order valence-corrected chi connectivity index (χ2v) is 5.97. The highest BCUT2D eigenvalue weighted by atomic mass is 32.1. The lowest BCUT2D eigenvalue weighted by Gasteiger charge is -2.22. The van der Waals surface area contributed by atoms with Gasteiger partial charge in [-0.15, -0.1) is 11.3 Å². The smallest absolute Gasteiger partial charge is 0.328 e. The van der Waals surface area contributed by atoms with Crippen LogP contribution < -0.4 is 0 Å². The summed E-state index contributed by atoms with van der Waals surface area (Å²) in [6, 6.07) is 1.48. The van der Waals surface area contributed by atoms with Crippen molar-refractivity contribution in [3.8, 4) is 0 Å². The van der Waals surface area contributed by atoms with Crippen LogP contribution in [-0.2, 0) is 9.53 Å². The third-order valence-electron chi connectivity index (χ3n) is 3.26. The molecule has 1 atom stereocenters. The summed E-state index contributed by atoms with van der Waals surface area (Å²) < 4.78 is 4.76. The second kappa shape index (κ2) is 5.10. The van der Waals surface area contributed by atoms with Crippen molar-refractivity contribution >= 4 is 23.2 Å². The Bertz CT molecular complexity index is 481. The van der Waals surface area contributed by atoms with E-state index in [0.717, 1.165) is 16.2 Å². The predicted octanol–water partition coefficient (Wildman–Crippen LogP) is 2.14. The summed E-state index contributed by atoms with van der Waals surface area (Å²) in [6.07, 6.45) is 1.55. The number of hydrogen-bond acceptors (Lipinski definition) is 4. The van der Waals surface area contributed by atoms with Gasteiger partial charge < -0.3 is 9.64 Å². The number of aryl methyl sites for hydroxylation is 2. The first-order valence-corrected chi connectivity index (χ1v) is 6.82. The van der Waals surface area contributed by atoms with Crippen LogP contribution in [0.4, 0.5) is 0 Å². The topological polar surface area (TPSA) is 46.6 Å². The van der Waals surface area contributed by atoms with Crippen LogP contribution in [0.3, 0.4) is 0 Å². The molecule has 0 radical (unpaired) electrons. The van der Waals surface area contributed by atoms with E-state index in [-0.39, 0.29) is 11.9 Å². The third-order valence-corrected chi connectivity index (χ3v) is 4.22. The second-order valence-electron chi connectivity index (χ2n) is 4.51. The molecule has 5 heteroatoms. The number of likely N-dealkylation sites (tertiary alicyclic amines) is 1. The molecule has 0 N–H and O–H groups in total. The molecule has 18 heavy (non-hydrogen) atoms. The first-order valence-electron chi connectivity index (χ1n) is 6.00. The number of methoxy groups -OCH3 is 1.